The normalized spacial score (nSPS) is 17.5. The van der Waals surface area contributed by atoms with Crippen LogP contribution in [-0.2, 0) is 10.5 Å². The molecule has 0 amide bonds. The number of benzene rings is 2. The molecule has 1 aromatic heterocycles. The fourth-order valence-corrected chi connectivity index (χ4v) is 4.86. The summed E-state index contributed by atoms with van der Waals surface area (Å²) < 4.78 is 15.6. The maximum absolute atomic E-state index is 14.0. The van der Waals surface area contributed by atoms with Crippen LogP contribution in [0.4, 0.5) is 16.0 Å². The maximum atomic E-state index is 14.0. The van der Waals surface area contributed by atoms with E-state index in [0.717, 1.165) is 24.1 Å². The van der Waals surface area contributed by atoms with Crippen LogP contribution in [0, 0.1) is 15.9 Å². The zero-order chi connectivity index (χ0) is 22.2. The van der Waals surface area contributed by atoms with Crippen LogP contribution in [0.15, 0.2) is 65.0 Å². The largest absolute Gasteiger partial charge is 0.328 e. The van der Waals surface area contributed by atoms with Gasteiger partial charge in [-0.25, -0.2) is 9.07 Å². The fraction of sp³-hybridized carbons (Fsp3) is 0.227. The Hall–Kier alpha value is -3.53. The van der Waals surface area contributed by atoms with Crippen molar-refractivity contribution in [2.45, 2.75) is 36.2 Å². The number of nitrogens with zero attached hydrogens (tertiary/aromatic N) is 4. The molecular formula is C22H18FN5O3S. The number of anilines is 1. The summed E-state index contributed by atoms with van der Waals surface area (Å²) in [6.07, 6.45) is 1.92. The Labute approximate surface area is 186 Å². The molecule has 0 saturated carbocycles. The van der Waals surface area contributed by atoms with Crippen molar-refractivity contribution in [1.82, 2.24) is 14.8 Å². The van der Waals surface area contributed by atoms with E-state index in [1.807, 2.05) is 0 Å². The van der Waals surface area contributed by atoms with Crippen molar-refractivity contribution >= 4 is 29.2 Å². The van der Waals surface area contributed by atoms with Crippen LogP contribution in [0.3, 0.4) is 0 Å². The number of ketones is 1. The molecule has 2 aromatic carbocycles. The first-order chi connectivity index (χ1) is 15.5. The predicted octanol–water partition coefficient (Wildman–Crippen LogP) is 4.64. The number of hydrogen-bond donors (Lipinski definition) is 1. The van der Waals surface area contributed by atoms with E-state index in [1.54, 1.807) is 35.0 Å². The maximum Gasteiger partial charge on any atom is 0.269 e. The highest BCUT2D eigenvalue weighted by Crippen LogP contribution is 2.41. The number of halogens is 1. The first-order valence-electron chi connectivity index (χ1n) is 10.1. The zero-order valence-electron chi connectivity index (χ0n) is 16.8. The summed E-state index contributed by atoms with van der Waals surface area (Å²) in [5, 5.41) is 19.4. The summed E-state index contributed by atoms with van der Waals surface area (Å²) in [6, 6.07) is 12.2. The predicted molar refractivity (Wildman–Crippen MR) is 117 cm³/mol. The standard InChI is InChI=1S/C22H18FN5O3S/c23-16-5-2-1-4-14(16)12-32-22-25-21-24-17-6-3-7-18(29)19(17)20(27(21)26-22)13-8-10-15(11-9-13)28(30)31/h1-2,4-5,8-11,20H,3,6-7,12H2,(H,24,25,26)/t20-/m0/s1. The van der Waals surface area contributed by atoms with E-state index in [9.17, 15) is 19.3 Å². The van der Waals surface area contributed by atoms with Gasteiger partial charge in [0.05, 0.1) is 4.92 Å². The Bertz CT molecular complexity index is 1250. The molecule has 8 nitrogen and oxygen atoms in total. The lowest BCUT2D eigenvalue weighted by Gasteiger charge is -2.32. The first kappa shape index (κ1) is 20.4. The summed E-state index contributed by atoms with van der Waals surface area (Å²) in [7, 11) is 0. The SMILES string of the molecule is O=C1CCCC2=C1[C@H](c1ccc([N+](=O)[O-])cc1)n1nc(SCc3ccccc3F)nc1N2. The third-order valence-electron chi connectivity index (χ3n) is 5.58. The number of fused-ring (bicyclic) bond motifs is 1. The number of carbonyl (C=O) groups is 1. The van der Waals surface area contributed by atoms with Gasteiger partial charge in [0.15, 0.2) is 5.78 Å². The van der Waals surface area contributed by atoms with Gasteiger partial charge in [0.1, 0.15) is 11.9 Å². The molecule has 1 aliphatic carbocycles. The van der Waals surface area contributed by atoms with E-state index < -0.39 is 11.0 Å². The smallest absolute Gasteiger partial charge is 0.269 e. The minimum absolute atomic E-state index is 0.0215. The third kappa shape index (κ3) is 3.66. The Morgan fingerprint density at radius 1 is 1.19 bits per heavy atom. The minimum atomic E-state index is -0.523. The zero-order valence-corrected chi connectivity index (χ0v) is 17.6. The van der Waals surface area contributed by atoms with Crippen molar-refractivity contribution < 1.29 is 14.1 Å². The van der Waals surface area contributed by atoms with Crippen LogP contribution in [0.1, 0.15) is 36.4 Å². The molecule has 162 valence electrons. The molecule has 5 rings (SSSR count). The van der Waals surface area contributed by atoms with Gasteiger partial charge in [-0.15, -0.1) is 5.10 Å². The van der Waals surface area contributed by atoms with Crippen molar-refractivity contribution in [3.05, 3.63) is 86.9 Å². The number of non-ortho nitro benzene ring substituents is 1. The van der Waals surface area contributed by atoms with Crippen molar-refractivity contribution in [3.8, 4) is 0 Å². The van der Waals surface area contributed by atoms with Crippen molar-refractivity contribution in [2.24, 2.45) is 0 Å². The quantitative estimate of drug-likeness (QED) is 0.342. The summed E-state index contributed by atoms with van der Waals surface area (Å²) in [6.45, 7) is 0. The second-order valence-electron chi connectivity index (χ2n) is 7.59. The topological polar surface area (TPSA) is 103 Å². The monoisotopic (exact) mass is 451 g/mol. The van der Waals surface area contributed by atoms with E-state index in [2.05, 4.69) is 15.4 Å². The number of allylic oxidation sites excluding steroid dienone is 2. The summed E-state index contributed by atoms with van der Waals surface area (Å²) in [4.78, 5) is 28.0. The number of nitro groups is 1. The molecule has 1 aliphatic heterocycles. The molecule has 2 heterocycles. The van der Waals surface area contributed by atoms with Crippen LogP contribution in [0.25, 0.3) is 0 Å². The van der Waals surface area contributed by atoms with Crippen LogP contribution in [0.2, 0.25) is 0 Å². The van der Waals surface area contributed by atoms with E-state index in [4.69, 9.17) is 0 Å². The Kier molecular flexibility index (Phi) is 5.22. The molecular weight excluding hydrogens is 433 g/mol. The van der Waals surface area contributed by atoms with Crippen LogP contribution in [0.5, 0.6) is 0 Å². The average Bonchev–Trinajstić information content (AvgIpc) is 3.20. The molecule has 3 aromatic rings. The second kappa shape index (κ2) is 8.19. The van der Waals surface area contributed by atoms with Gasteiger partial charge in [0.25, 0.3) is 5.69 Å². The molecule has 32 heavy (non-hydrogen) atoms. The van der Waals surface area contributed by atoms with Crippen molar-refractivity contribution in [1.29, 1.82) is 0 Å². The van der Waals surface area contributed by atoms with E-state index in [0.29, 0.717) is 34.4 Å². The van der Waals surface area contributed by atoms with Crippen molar-refractivity contribution in [2.75, 3.05) is 5.32 Å². The molecule has 10 heteroatoms. The molecule has 0 bridgehead atoms. The van der Waals surface area contributed by atoms with Gasteiger partial charge in [-0.05, 0) is 42.2 Å². The van der Waals surface area contributed by atoms with Crippen LogP contribution >= 0.6 is 11.8 Å². The van der Waals surface area contributed by atoms with E-state index in [1.165, 1.54) is 30.0 Å². The Balaban J connectivity index is 1.51. The molecule has 0 unspecified atom stereocenters. The second-order valence-corrected chi connectivity index (χ2v) is 8.53. The molecule has 0 fully saturated rings. The number of nitro benzene ring substituents is 1. The van der Waals surface area contributed by atoms with Gasteiger partial charge < -0.3 is 5.32 Å². The van der Waals surface area contributed by atoms with Gasteiger partial charge >= 0.3 is 0 Å². The Morgan fingerprint density at radius 3 is 2.72 bits per heavy atom. The molecule has 0 spiro atoms. The average molecular weight is 451 g/mol. The lowest BCUT2D eigenvalue weighted by atomic mass is 9.85. The molecule has 1 atom stereocenters. The Morgan fingerprint density at radius 2 is 1.97 bits per heavy atom. The molecule has 0 saturated heterocycles. The highest BCUT2D eigenvalue weighted by Gasteiger charge is 2.37. The van der Waals surface area contributed by atoms with E-state index >= 15 is 0 Å². The number of Topliss-reactive ketones (excluding diaryl/α,β-unsaturated/α-hetero) is 1. The first-order valence-corrected chi connectivity index (χ1v) is 11.1. The number of rotatable bonds is 5. The van der Waals surface area contributed by atoms with Gasteiger partial charge in [-0.1, -0.05) is 30.0 Å². The highest BCUT2D eigenvalue weighted by atomic mass is 32.2. The third-order valence-corrected chi connectivity index (χ3v) is 6.47. The number of nitrogens with one attached hydrogen (secondary N) is 1. The molecule has 1 N–H and O–H groups in total. The minimum Gasteiger partial charge on any atom is -0.328 e. The van der Waals surface area contributed by atoms with Gasteiger partial charge in [0, 0.05) is 35.6 Å². The number of hydrogen-bond acceptors (Lipinski definition) is 7. The lowest BCUT2D eigenvalue weighted by Crippen LogP contribution is -2.31. The lowest BCUT2D eigenvalue weighted by molar-refractivity contribution is -0.384. The van der Waals surface area contributed by atoms with Crippen LogP contribution < -0.4 is 5.32 Å². The number of aromatic nitrogens is 3. The van der Waals surface area contributed by atoms with Gasteiger partial charge in [-0.2, -0.15) is 4.98 Å². The van der Waals surface area contributed by atoms with Crippen molar-refractivity contribution in [3.63, 3.8) is 0 Å². The molecule has 2 aliphatic rings. The highest BCUT2D eigenvalue weighted by molar-refractivity contribution is 7.98. The van der Waals surface area contributed by atoms with E-state index in [-0.39, 0.29) is 17.3 Å². The van der Waals surface area contributed by atoms with Gasteiger partial charge in [0.2, 0.25) is 11.1 Å². The molecule has 0 radical (unpaired) electrons. The van der Waals surface area contributed by atoms with Crippen LogP contribution in [-0.4, -0.2) is 25.5 Å². The number of carbonyl (C=O) groups excluding carboxylic acids is 1. The fourth-order valence-electron chi connectivity index (χ4n) is 4.04. The number of thioether (sulfide) groups is 1. The summed E-state index contributed by atoms with van der Waals surface area (Å²) in [5.41, 5.74) is 2.68. The summed E-state index contributed by atoms with van der Waals surface area (Å²) >= 11 is 1.30. The van der Waals surface area contributed by atoms with Gasteiger partial charge in [-0.3, -0.25) is 14.9 Å². The summed E-state index contributed by atoms with van der Waals surface area (Å²) in [5.74, 6) is 0.611.